The van der Waals surface area contributed by atoms with E-state index in [1.54, 1.807) is 17.5 Å². The number of para-hydroxylation sites is 1. The lowest BCUT2D eigenvalue weighted by Crippen LogP contribution is -2.33. The van der Waals surface area contributed by atoms with Crippen LogP contribution in [0.25, 0.3) is 10.9 Å². The zero-order valence-electron chi connectivity index (χ0n) is 18.5. The van der Waals surface area contributed by atoms with E-state index in [1.807, 2.05) is 11.4 Å². The van der Waals surface area contributed by atoms with Gasteiger partial charge in [-0.05, 0) is 50.2 Å². The highest BCUT2D eigenvalue weighted by Crippen LogP contribution is 2.30. The number of anilines is 3. The van der Waals surface area contributed by atoms with Crippen molar-refractivity contribution < 1.29 is 0 Å². The first-order valence-corrected chi connectivity index (χ1v) is 12.0. The summed E-state index contributed by atoms with van der Waals surface area (Å²) in [5, 5.41) is 7.36. The number of thiazole rings is 1. The Labute approximate surface area is 193 Å². The zero-order valence-corrected chi connectivity index (χ0v) is 19.3. The van der Waals surface area contributed by atoms with Crippen LogP contribution in [0.5, 0.6) is 0 Å². The molecule has 3 aromatic heterocycles. The van der Waals surface area contributed by atoms with Crippen LogP contribution in [-0.4, -0.2) is 47.0 Å². The fraction of sp³-hybridized carbons (Fsp3) is 0.320. The molecule has 1 aliphatic heterocycles. The van der Waals surface area contributed by atoms with Gasteiger partial charge >= 0.3 is 0 Å². The van der Waals surface area contributed by atoms with Crippen molar-refractivity contribution in [3.63, 3.8) is 0 Å². The molecule has 0 unspecified atom stereocenters. The van der Waals surface area contributed by atoms with Crippen molar-refractivity contribution in [2.45, 2.75) is 25.3 Å². The highest BCUT2D eigenvalue weighted by Gasteiger charge is 2.23. The third-order valence-electron chi connectivity index (χ3n) is 6.04. The van der Waals surface area contributed by atoms with Crippen LogP contribution in [-0.2, 0) is 6.54 Å². The summed E-state index contributed by atoms with van der Waals surface area (Å²) in [7, 11) is 4.15. The normalized spacial score (nSPS) is 15.2. The Bertz CT molecular complexity index is 1180. The van der Waals surface area contributed by atoms with E-state index in [0.29, 0.717) is 5.92 Å². The molecule has 1 N–H and O–H groups in total. The average molecular weight is 445 g/mol. The van der Waals surface area contributed by atoms with Gasteiger partial charge in [0.2, 0.25) is 0 Å². The van der Waals surface area contributed by atoms with Crippen LogP contribution < -0.4 is 10.2 Å². The van der Waals surface area contributed by atoms with Crippen LogP contribution in [0.4, 0.5) is 16.8 Å². The maximum absolute atomic E-state index is 4.92. The highest BCUT2D eigenvalue weighted by molar-refractivity contribution is 7.13. The fourth-order valence-corrected chi connectivity index (χ4v) is 4.96. The molecule has 0 spiro atoms. The monoisotopic (exact) mass is 444 g/mol. The maximum Gasteiger partial charge on any atom is 0.188 e. The number of hydrogen-bond acceptors (Lipinski definition) is 7. The summed E-state index contributed by atoms with van der Waals surface area (Å²) in [4.78, 5) is 18.8. The smallest absolute Gasteiger partial charge is 0.188 e. The van der Waals surface area contributed by atoms with Gasteiger partial charge in [0.15, 0.2) is 5.13 Å². The maximum atomic E-state index is 4.92. The number of benzene rings is 1. The summed E-state index contributed by atoms with van der Waals surface area (Å²) in [6.45, 7) is 3.06. The lowest BCUT2D eigenvalue weighted by atomic mass is 9.92. The molecule has 0 radical (unpaired) electrons. The Balaban J connectivity index is 1.26. The number of pyridine rings is 2. The lowest BCUT2D eigenvalue weighted by molar-refractivity contribution is 0.203. The molecule has 164 valence electrons. The molecule has 1 aromatic carbocycles. The minimum atomic E-state index is 0.493. The van der Waals surface area contributed by atoms with Crippen LogP contribution in [0.2, 0.25) is 0 Å². The second-order valence-electron chi connectivity index (χ2n) is 8.52. The minimum absolute atomic E-state index is 0.493. The lowest BCUT2D eigenvalue weighted by Gasteiger charge is -2.32. The van der Waals surface area contributed by atoms with E-state index >= 15 is 0 Å². The summed E-state index contributed by atoms with van der Waals surface area (Å²) < 4.78 is 0. The Kier molecular flexibility index (Phi) is 6.01. The molecule has 0 atom stereocenters. The Hall–Kier alpha value is -3.03. The number of fused-ring (bicyclic) bond motifs is 1. The van der Waals surface area contributed by atoms with E-state index in [0.717, 1.165) is 54.8 Å². The first kappa shape index (κ1) is 20.8. The number of nitrogens with one attached hydrogen (secondary N) is 1. The van der Waals surface area contributed by atoms with Gasteiger partial charge in [0, 0.05) is 54.8 Å². The standard InChI is InChI=1S/C25H28N6S/c1-30(2)24-20(16-19-6-3-4-7-22(19)28-24)17-31-13-10-18(11-14-31)21-8-5-9-23(27-21)29-25-26-12-15-32-25/h3-9,12,15-16,18H,10-11,13-14,17H2,1-2H3,(H,26,27,29). The molecule has 7 heteroatoms. The van der Waals surface area contributed by atoms with Crippen molar-refractivity contribution in [2.24, 2.45) is 0 Å². The number of piperidine rings is 1. The summed E-state index contributed by atoms with van der Waals surface area (Å²) in [6.07, 6.45) is 4.04. The van der Waals surface area contributed by atoms with Gasteiger partial charge in [-0.2, -0.15) is 0 Å². The summed E-state index contributed by atoms with van der Waals surface area (Å²) in [6, 6.07) is 16.9. The molecular formula is C25H28N6S. The Morgan fingerprint density at radius 1 is 1.06 bits per heavy atom. The van der Waals surface area contributed by atoms with E-state index in [4.69, 9.17) is 9.97 Å². The van der Waals surface area contributed by atoms with Crippen LogP contribution in [0.3, 0.4) is 0 Å². The molecule has 4 aromatic rings. The Morgan fingerprint density at radius 2 is 1.91 bits per heavy atom. The van der Waals surface area contributed by atoms with Crippen LogP contribution in [0.15, 0.2) is 60.1 Å². The second-order valence-corrected chi connectivity index (χ2v) is 9.41. The van der Waals surface area contributed by atoms with Crippen molar-refractivity contribution >= 4 is 39.0 Å². The van der Waals surface area contributed by atoms with Gasteiger partial charge in [0.1, 0.15) is 11.6 Å². The van der Waals surface area contributed by atoms with Gasteiger partial charge in [-0.15, -0.1) is 11.3 Å². The summed E-state index contributed by atoms with van der Waals surface area (Å²) in [5.41, 5.74) is 3.52. The fourth-order valence-electron chi connectivity index (χ4n) is 4.42. The number of aromatic nitrogens is 3. The van der Waals surface area contributed by atoms with Crippen LogP contribution in [0.1, 0.15) is 30.0 Å². The minimum Gasteiger partial charge on any atom is -0.362 e. The quantitative estimate of drug-likeness (QED) is 0.437. The van der Waals surface area contributed by atoms with E-state index < -0.39 is 0 Å². The molecule has 32 heavy (non-hydrogen) atoms. The van der Waals surface area contributed by atoms with Gasteiger partial charge in [-0.25, -0.2) is 15.0 Å². The van der Waals surface area contributed by atoms with E-state index in [9.17, 15) is 0 Å². The molecule has 0 saturated carbocycles. The summed E-state index contributed by atoms with van der Waals surface area (Å²) >= 11 is 1.59. The van der Waals surface area contributed by atoms with Crippen molar-refractivity contribution in [1.82, 2.24) is 19.9 Å². The van der Waals surface area contributed by atoms with Gasteiger partial charge < -0.3 is 10.2 Å². The molecule has 1 fully saturated rings. The molecule has 4 heterocycles. The van der Waals surface area contributed by atoms with Crippen molar-refractivity contribution in [1.29, 1.82) is 0 Å². The number of likely N-dealkylation sites (tertiary alicyclic amines) is 1. The molecule has 1 aliphatic rings. The predicted molar refractivity (Wildman–Crippen MR) is 133 cm³/mol. The summed E-state index contributed by atoms with van der Waals surface area (Å²) in [5.74, 6) is 2.43. The van der Waals surface area contributed by atoms with Crippen LogP contribution >= 0.6 is 11.3 Å². The third kappa shape index (κ3) is 4.59. The molecule has 0 bridgehead atoms. The van der Waals surface area contributed by atoms with Gasteiger partial charge in [-0.1, -0.05) is 24.3 Å². The topological polar surface area (TPSA) is 57.2 Å². The van der Waals surface area contributed by atoms with Crippen molar-refractivity contribution in [3.8, 4) is 0 Å². The molecule has 0 aliphatic carbocycles. The molecule has 0 amide bonds. The number of nitrogens with zero attached hydrogens (tertiary/aromatic N) is 5. The van der Waals surface area contributed by atoms with Crippen molar-refractivity contribution in [2.75, 3.05) is 37.4 Å². The molecular weight excluding hydrogens is 416 g/mol. The van der Waals surface area contributed by atoms with E-state index in [2.05, 4.69) is 76.7 Å². The predicted octanol–water partition coefficient (Wildman–Crippen LogP) is 5.28. The highest BCUT2D eigenvalue weighted by atomic mass is 32.1. The first-order chi connectivity index (χ1) is 15.7. The average Bonchev–Trinajstić information content (AvgIpc) is 3.32. The Morgan fingerprint density at radius 3 is 2.69 bits per heavy atom. The van der Waals surface area contributed by atoms with Gasteiger partial charge in [0.25, 0.3) is 0 Å². The van der Waals surface area contributed by atoms with Crippen molar-refractivity contribution in [3.05, 3.63) is 71.4 Å². The number of hydrogen-bond donors (Lipinski definition) is 1. The largest absolute Gasteiger partial charge is 0.362 e. The van der Waals surface area contributed by atoms with Gasteiger partial charge in [0.05, 0.1) is 5.52 Å². The SMILES string of the molecule is CN(C)c1nc2ccccc2cc1CN1CCC(c2cccc(Nc3nccs3)n2)CC1. The second kappa shape index (κ2) is 9.22. The van der Waals surface area contributed by atoms with Crippen LogP contribution in [0, 0.1) is 0 Å². The number of rotatable bonds is 6. The molecule has 5 rings (SSSR count). The van der Waals surface area contributed by atoms with E-state index in [-0.39, 0.29) is 0 Å². The van der Waals surface area contributed by atoms with E-state index in [1.165, 1.54) is 16.6 Å². The third-order valence-corrected chi connectivity index (χ3v) is 6.73. The first-order valence-electron chi connectivity index (χ1n) is 11.1. The zero-order chi connectivity index (χ0) is 21.9. The van der Waals surface area contributed by atoms with Gasteiger partial charge in [-0.3, -0.25) is 4.90 Å². The molecule has 6 nitrogen and oxygen atoms in total. The molecule has 1 saturated heterocycles.